The average molecular weight is 193 g/mol. The molecule has 5 heteroatoms. The van der Waals surface area contributed by atoms with Gasteiger partial charge in [-0.3, -0.25) is 0 Å². The maximum atomic E-state index is 10.9. The fourth-order valence-corrected chi connectivity index (χ4v) is 1.02. The molecule has 0 aromatic carbocycles. The molecule has 0 radical (unpaired) electrons. The van der Waals surface area contributed by atoms with Crippen molar-refractivity contribution in [2.45, 2.75) is 26.4 Å². The van der Waals surface area contributed by atoms with Gasteiger partial charge in [0.25, 0.3) is 0 Å². The van der Waals surface area contributed by atoms with Gasteiger partial charge in [0, 0.05) is 0 Å². The normalized spacial score (nSPS) is 12.5. The number of rotatable bonds is 3. The standard InChI is InChI=1S/C7H14O4P/c1-7(2,3)11-6(9)4-12(10)5-8/h8H,4-5H2,1-3H3/q+1. The SMILES string of the molecule is CC(C)(C)OC(=O)C[P+](=O)CO. The lowest BCUT2D eigenvalue weighted by Gasteiger charge is -2.17. The first-order valence-corrected chi connectivity index (χ1v) is 5.23. The van der Waals surface area contributed by atoms with Gasteiger partial charge in [0.15, 0.2) is 0 Å². The Hall–Kier alpha value is -0.470. The molecule has 0 bridgehead atoms. The Morgan fingerprint density at radius 1 is 1.50 bits per heavy atom. The number of hydrogen-bond donors (Lipinski definition) is 1. The molecule has 0 fully saturated rings. The number of ether oxygens (including phenoxy) is 1. The molecule has 0 aliphatic heterocycles. The topological polar surface area (TPSA) is 63.6 Å². The average Bonchev–Trinajstić information content (AvgIpc) is 1.82. The zero-order chi connectivity index (χ0) is 9.78. The van der Waals surface area contributed by atoms with Crippen LogP contribution in [0, 0.1) is 0 Å². The van der Waals surface area contributed by atoms with Crippen molar-refractivity contribution in [3.63, 3.8) is 0 Å². The zero-order valence-electron chi connectivity index (χ0n) is 7.53. The molecule has 12 heavy (non-hydrogen) atoms. The molecular weight excluding hydrogens is 179 g/mol. The van der Waals surface area contributed by atoms with Crippen molar-refractivity contribution >= 4 is 13.8 Å². The summed E-state index contributed by atoms with van der Waals surface area (Å²) in [5.74, 6) is -0.530. The summed E-state index contributed by atoms with van der Waals surface area (Å²) in [5.41, 5.74) is -0.553. The molecule has 0 saturated heterocycles. The Morgan fingerprint density at radius 2 is 2.00 bits per heavy atom. The van der Waals surface area contributed by atoms with Crippen LogP contribution in [0.5, 0.6) is 0 Å². The van der Waals surface area contributed by atoms with Crippen LogP contribution >= 0.6 is 7.80 Å². The first kappa shape index (κ1) is 11.5. The van der Waals surface area contributed by atoms with E-state index in [4.69, 9.17) is 9.84 Å². The van der Waals surface area contributed by atoms with Crippen LogP contribution in [0.15, 0.2) is 0 Å². The number of hydrogen-bond acceptors (Lipinski definition) is 4. The summed E-state index contributed by atoms with van der Waals surface area (Å²) in [7, 11) is -1.84. The van der Waals surface area contributed by atoms with Crippen molar-refractivity contribution in [3.8, 4) is 0 Å². The van der Waals surface area contributed by atoms with Gasteiger partial charge in [0.2, 0.25) is 12.5 Å². The summed E-state index contributed by atoms with van der Waals surface area (Å²) in [5, 5.41) is 8.39. The van der Waals surface area contributed by atoms with Crippen molar-refractivity contribution in [1.29, 1.82) is 0 Å². The second-order valence-electron chi connectivity index (χ2n) is 3.37. The van der Waals surface area contributed by atoms with Gasteiger partial charge in [-0.1, -0.05) is 4.57 Å². The summed E-state index contributed by atoms with van der Waals surface area (Å²) in [6.07, 6.45) is -0.669. The molecule has 1 atom stereocenters. The molecule has 0 rings (SSSR count). The molecule has 0 aliphatic carbocycles. The first-order chi connectivity index (χ1) is 5.35. The number of esters is 1. The molecule has 0 amide bonds. The minimum atomic E-state index is -1.84. The Morgan fingerprint density at radius 3 is 2.33 bits per heavy atom. The Bertz CT molecular complexity index is 182. The number of carbonyl (C=O) groups is 1. The van der Waals surface area contributed by atoms with Gasteiger partial charge in [-0.25, -0.2) is 4.79 Å². The monoisotopic (exact) mass is 193 g/mol. The lowest BCUT2D eigenvalue weighted by Crippen LogP contribution is -2.25. The summed E-state index contributed by atoms with van der Waals surface area (Å²) in [4.78, 5) is 10.9. The van der Waals surface area contributed by atoms with E-state index >= 15 is 0 Å². The van der Waals surface area contributed by atoms with E-state index in [0.717, 1.165) is 0 Å². The third-order valence-corrected chi connectivity index (χ3v) is 1.81. The van der Waals surface area contributed by atoms with Gasteiger partial charge in [0.05, 0.1) is 0 Å². The molecule has 0 spiro atoms. The molecule has 1 unspecified atom stereocenters. The first-order valence-electron chi connectivity index (χ1n) is 3.60. The second-order valence-corrected chi connectivity index (χ2v) is 4.93. The van der Waals surface area contributed by atoms with Crippen molar-refractivity contribution in [2.24, 2.45) is 0 Å². The van der Waals surface area contributed by atoms with Crippen molar-refractivity contribution in [2.75, 3.05) is 12.5 Å². The van der Waals surface area contributed by atoms with Crippen molar-refractivity contribution in [3.05, 3.63) is 0 Å². The molecule has 0 heterocycles. The maximum absolute atomic E-state index is 10.9. The highest BCUT2D eigenvalue weighted by atomic mass is 31.1. The van der Waals surface area contributed by atoms with Crippen molar-refractivity contribution < 1.29 is 19.2 Å². The highest BCUT2D eigenvalue weighted by molar-refractivity contribution is 7.45. The van der Waals surface area contributed by atoms with Gasteiger partial charge in [-0.05, 0) is 20.8 Å². The molecule has 0 saturated carbocycles. The molecule has 70 valence electrons. The van der Waals surface area contributed by atoms with E-state index < -0.39 is 25.7 Å². The van der Waals surface area contributed by atoms with E-state index in [9.17, 15) is 9.36 Å². The highest BCUT2D eigenvalue weighted by Crippen LogP contribution is 2.19. The number of aliphatic hydroxyl groups is 1. The summed E-state index contributed by atoms with van der Waals surface area (Å²) in [6, 6.07) is 0. The maximum Gasteiger partial charge on any atom is 0.378 e. The number of carbonyl (C=O) groups excluding carboxylic acids is 1. The lowest BCUT2D eigenvalue weighted by atomic mass is 10.2. The van der Waals surface area contributed by atoms with E-state index in [2.05, 4.69) is 0 Å². The largest absolute Gasteiger partial charge is 0.457 e. The molecule has 1 N–H and O–H groups in total. The van der Waals surface area contributed by atoms with E-state index in [1.807, 2.05) is 0 Å². The summed E-state index contributed by atoms with van der Waals surface area (Å²) < 4.78 is 15.6. The summed E-state index contributed by atoms with van der Waals surface area (Å²) in [6.45, 7) is 5.20. The van der Waals surface area contributed by atoms with E-state index in [1.165, 1.54) is 0 Å². The van der Waals surface area contributed by atoms with Crippen LogP contribution in [0.25, 0.3) is 0 Å². The molecule has 0 aliphatic rings. The third-order valence-electron chi connectivity index (χ3n) is 0.883. The van der Waals surface area contributed by atoms with Crippen LogP contribution < -0.4 is 0 Å². The van der Waals surface area contributed by atoms with Gasteiger partial charge in [0.1, 0.15) is 5.60 Å². The Labute approximate surface area is 72.7 Å². The highest BCUT2D eigenvalue weighted by Gasteiger charge is 2.24. The van der Waals surface area contributed by atoms with E-state index in [1.54, 1.807) is 20.8 Å². The zero-order valence-corrected chi connectivity index (χ0v) is 8.43. The minimum Gasteiger partial charge on any atom is -0.457 e. The number of aliphatic hydroxyl groups excluding tert-OH is 1. The second kappa shape index (κ2) is 4.53. The van der Waals surface area contributed by atoms with Gasteiger partial charge < -0.3 is 9.84 Å². The predicted octanol–water partition coefficient (Wildman–Crippen LogP) is 1.11. The van der Waals surface area contributed by atoms with Gasteiger partial charge >= 0.3 is 13.8 Å². The lowest BCUT2D eigenvalue weighted by molar-refractivity contribution is -0.151. The van der Waals surface area contributed by atoms with Crippen LogP contribution in [0.1, 0.15) is 20.8 Å². The molecule has 0 aromatic rings. The van der Waals surface area contributed by atoms with Gasteiger partial charge in [-0.15, -0.1) is 0 Å². The fourth-order valence-electron chi connectivity index (χ4n) is 0.568. The Kier molecular flexibility index (Phi) is 4.35. The Balaban J connectivity index is 3.83. The molecule has 0 aromatic heterocycles. The van der Waals surface area contributed by atoms with Crippen LogP contribution in [-0.2, 0) is 14.1 Å². The van der Waals surface area contributed by atoms with E-state index in [0.29, 0.717) is 0 Å². The van der Waals surface area contributed by atoms with Crippen LogP contribution in [-0.4, -0.2) is 29.2 Å². The smallest absolute Gasteiger partial charge is 0.378 e. The quantitative estimate of drug-likeness (QED) is 0.538. The van der Waals surface area contributed by atoms with Gasteiger partial charge in [-0.2, -0.15) is 0 Å². The minimum absolute atomic E-state index is 0.205. The molecule has 4 nitrogen and oxygen atoms in total. The van der Waals surface area contributed by atoms with Crippen LogP contribution in [0.2, 0.25) is 0 Å². The summed E-state index contributed by atoms with van der Waals surface area (Å²) >= 11 is 0. The third kappa shape index (κ3) is 6.25. The van der Waals surface area contributed by atoms with Crippen LogP contribution in [0.3, 0.4) is 0 Å². The van der Waals surface area contributed by atoms with Crippen LogP contribution in [0.4, 0.5) is 0 Å². The van der Waals surface area contributed by atoms with Crippen molar-refractivity contribution in [1.82, 2.24) is 0 Å². The van der Waals surface area contributed by atoms with E-state index in [-0.39, 0.29) is 6.16 Å². The molecular formula is C7H14O4P+. The fraction of sp³-hybridized carbons (Fsp3) is 0.857. The predicted molar refractivity (Wildman–Crippen MR) is 45.4 cm³/mol.